The van der Waals surface area contributed by atoms with Crippen molar-refractivity contribution in [3.05, 3.63) is 0 Å². The summed E-state index contributed by atoms with van der Waals surface area (Å²) < 4.78 is 0. The fraction of sp³-hybridized carbons (Fsp3) is 0. The molecule has 0 aromatic rings. The van der Waals surface area contributed by atoms with Crippen molar-refractivity contribution in [3.8, 4) is 0 Å². The summed E-state index contributed by atoms with van der Waals surface area (Å²) in [7, 11) is 0. The molecule has 0 atom stereocenters. The van der Waals surface area contributed by atoms with Gasteiger partial charge in [0.15, 0.2) is 17.4 Å². The smallest absolute Gasteiger partial charge is 1.00 e. The standard InChI is InChI=1S/CH2O3.Al.Ba.2H2O.5H/c2-1(3)4;;;;;;;;;/h(H2,2,3,4);;;2*1H2;;;;;/q;;+2;;;;;;2*-1. The van der Waals surface area contributed by atoms with E-state index >= 15 is 0 Å². The Labute approximate surface area is 99.9 Å². The van der Waals surface area contributed by atoms with Crippen molar-refractivity contribution < 1.29 is 28.8 Å². The predicted molar refractivity (Wildman–Crippen MR) is 35.8 cm³/mol. The number of carboxylic acid groups (broad SMARTS) is 2. The van der Waals surface area contributed by atoms with E-state index in [0.29, 0.717) is 0 Å². The number of carbonyl (C=O) groups is 1. The summed E-state index contributed by atoms with van der Waals surface area (Å²) in [6, 6.07) is 0. The average molecular weight is 267 g/mol. The fourth-order valence-corrected chi connectivity index (χ4v) is 0. The maximum absolute atomic E-state index is 8.56. The first-order valence-electron chi connectivity index (χ1n) is 0.651. The van der Waals surface area contributed by atoms with Gasteiger partial charge in [-0.3, -0.25) is 0 Å². The summed E-state index contributed by atoms with van der Waals surface area (Å²) in [5.74, 6) is 0. The number of hydrogen-bond acceptors (Lipinski definition) is 1. The molecule has 7 heteroatoms. The molecule has 0 saturated carbocycles. The van der Waals surface area contributed by atoms with Crippen molar-refractivity contribution in [2.24, 2.45) is 0 Å². The molecule has 8 heavy (non-hydrogen) atoms. The Morgan fingerprint density at radius 2 is 1.25 bits per heavy atom. The Bertz CT molecular complexity index is 42.6. The van der Waals surface area contributed by atoms with E-state index in [0.717, 1.165) is 0 Å². The summed E-state index contributed by atoms with van der Waals surface area (Å²) in [5.41, 5.74) is 0. The van der Waals surface area contributed by atoms with Gasteiger partial charge < -0.3 is 24.0 Å². The van der Waals surface area contributed by atoms with Crippen LogP contribution >= 0.6 is 0 Å². The van der Waals surface area contributed by atoms with Gasteiger partial charge in [-0.15, -0.1) is 0 Å². The van der Waals surface area contributed by atoms with Crippen LogP contribution < -0.4 is 0 Å². The van der Waals surface area contributed by atoms with Crippen LogP contribution in [0.15, 0.2) is 0 Å². The molecule has 0 bridgehead atoms. The van der Waals surface area contributed by atoms with Crippen molar-refractivity contribution in [1.29, 1.82) is 0 Å². The second kappa shape index (κ2) is 23.9. The van der Waals surface area contributed by atoms with Gasteiger partial charge in [-0.25, -0.2) is 4.79 Å². The molecule has 0 heterocycles. The molecule has 0 fully saturated rings. The monoisotopic (exact) mass is 268 g/mol. The van der Waals surface area contributed by atoms with Gasteiger partial charge in [0, 0.05) is 0 Å². The zero-order chi connectivity index (χ0) is 3.58. The van der Waals surface area contributed by atoms with E-state index in [1.807, 2.05) is 0 Å². The third-order valence-corrected chi connectivity index (χ3v) is 0. The molecule has 0 aromatic heterocycles. The molecule has 0 saturated heterocycles. The average Bonchev–Trinajstić information content (AvgIpc) is 0.811. The number of rotatable bonds is 0. The Balaban J connectivity index is -0.00000000300. The minimum Gasteiger partial charge on any atom is -1.00 e. The van der Waals surface area contributed by atoms with Gasteiger partial charge in [-0.2, -0.15) is 0 Å². The van der Waals surface area contributed by atoms with Crippen molar-refractivity contribution in [2.45, 2.75) is 0 Å². The minimum absolute atomic E-state index is 0. The Hall–Kier alpha value is 1.29. The molecule has 0 aliphatic heterocycles. The van der Waals surface area contributed by atoms with Gasteiger partial charge in [0.1, 0.15) is 0 Å². The first-order valence-corrected chi connectivity index (χ1v) is 0.651. The van der Waals surface area contributed by atoms with Crippen molar-refractivity contribution in [3.63, 3.8) is 0 Å². The second-order valence-corrected chi connectivity index (χ2v) is 0.283. The minimum atomic E-state index is -1.83. The molecule has 0 aliphatic carbocycles. The Kier molecular flexibility index (Phi) is 104. The van der Waals surface area contributed by atoms with Gasteiger partial charge >= 0.3 is 55.0 Å². The summed E-state index contributed by atoms with van der Waals surface area (Å²) in [4.78, 5) is 8.56. The van der Waals surface area contributed by atoms with Crippen molar-refractivity contribution in [2.75, 3.05) is 0 Å². The Morgan fingerprint density at radius 1 is 1.25 bits per heavy atom. The number of hydrogen-bond donors (Lipinski definition) is 2. The van der Waals surface area contributed by atoms with E-state index in [2.05, 4.69) is 0 Å². The van der Waals surface area contributed by atoms with Crippen LogP contribution in [0.25, 0.3) is 0 Å². The molecule has 0 spiro atoms. The van der Waals surface area contributed by atoms with Crippen LogP contribution in [0.4, 0.5) is 4.79 Å². The van der Waals surface area contributed by atoms with E-state index in [9.17, 15) is 0 Å². The van der Waals surface area contributed by atoms with Gasteiger partial charge in [0.2, 0.25) is 0 Å². The molecule has 0 aliphatic rings. The van der Waals surface area contributed by atoms with Crippen LogP contribution in [0.3, 0.4) is 0 Å². The van der Waals surface area contributed by atoms with Gasteiger partial charge in [0.25, 0.3) is 0 Å². The van der Waals surface area contributed by atoms with Gasteiger partial charge in [-0.1, -0.05) is 0 Å². The van der Waals surface area contributed by atoms with Crippen LogP contribution in [0.5, 0.6) is 0 Å². The summed E-state index contributed by atoms with van der Waals surface area (Å²) in [6.45, 7) is 0. The molecular weight excluding hydrogens is 256 g/mol. The molecular formula is CH11AlBaO5. The molecule has 0 aromatic carbocycles. The first-order chi connectivity index (χ1) is 1.73. The zero-order valence-corrected chi connectivity index (χ0v) is 7.95. The maximum Gasteiger partial charge on any atom is 2.00 e. The summed E-state index contributed by atoms with van der Waals surface area (Å²) in [5, 5.41) is 13.9. The molecule has 0 amide bonds. The topological polar surface area (TPSA) is 121 Å². The molecule has 0 rings (SSSR count). The van der Waals surface area contributed by atoms with Crippen LogP contribution in [-0.2, 0) is 0 Å². The Morgan fingerprint density at radius 3 is 1.25 bits per heavy atom. The summed E-state index contributed by atoms with van der Waals surface area (Å²) >= 11 is 0. The van der Waals surface area contributed by atoms with Crippen LogP contribution in [-0.4, -0.2) is 93.6 Å². The maximum atomic E-state index is 8.56. The molecule has 5 nitrogen and oxygen atoms in total. The normalized spacial score (nSPS) is 3.00. The van der Waals surface area contributed by atoms with E-state index < -0.39 is 6.16 Å². The summed E-state index contributed by atoms with van der Waals surface area (Å²) in [6.07, 6.45) is -1.83. The third-order valence-electron chi connectivity index (χ3n) is 0. The fourth-order valence-electron chi connectivity index (χ4n) is 0. The quantitative estimate of drug-likeness (QED) is 0.462. The van der Waals surface area contributed by atoms with E-state index in [4.69, 9.17) is 15.0 Å². The largest absolute Gasteiger partial charge is 2.00 e. The SMILES string of the molecule is O.O.O=C(O)O.[AlH3].[Ba+2].[H-].[H-]. The molecule has 0 unspecified atom stereocenters. The van der Waals surface area contributed by atoms with E-state index in [1.165, 1.54) is 0 Å². The first kappa shape index (κ1) is 34.7. The van der Waals surface area contributed by atoms with Crippen molar-refractivity contribution >= 4 is 72.4 Å². The molecule has 6 N–H and O–H groups in total. The zero-order valence-electron chi connectivity index (χ0n) is 5.51. The molecule has 0 radical (unpaired) electrons. The van der Waals surface area contributed by atoms with Crippen LogP contribution in [0.2, 0.25) is 0 Å². The predicted octanol–water partition coefficient (Wildman–Crippen LogP) is -2.77. The second-order valence-electron chi connectivity index (χ2n) is 0.283. The van der Waals surface area contributed by atoms with Gasteiger partial charge in [-0.05, 0) is 0 Å². The van der Waals surface area contributed by atoms with Crippen molar-refractivity contribution in [1.82, 2.24) is 0 Å². The third kappa shape index (κ3) is 173. The van der Waals surface area contributed by atoms with E-state index in [1.54, 1.807) is 0 Å². The van der Waals surface area contributed by atoms with Crippen LogP contribution in [0.1, 0.15) is 2.85 Å². The van der Waals surface area contributed by atoms with E-state index in [-0.39, 0.29) is 80.0 Å². The molecule has 50 valence electrons. The van der Waals surface area contributed by atoms with Crippen LogP contribution in [0, 0.1) is 0 Å². The van der Waals surface area contributed by atoms with Gasteiger partial charge in [0.05, 0.1) is 0 Å².